The summed E-state index contributed by atoms with van der Waals surface area (Å²) < 4.78 is 5.91. The molecule has 0 unspecified atom stereocenters. The number of hydroxylamine groups is 1. The monoisotopic (exact) mass is 457 g/mol. The molecule has 8 nitrogen and oxygen atoms in total. The second kappa shape index (κ2) is 10.3. The molecule has 180 valence electrons. The van der Waals surface area contributed by atoms with Crippen molar-refractivity contribution >= 4 is 28.5 Å². The standard InChI is InChI=1S/C25H35N3O5/c1-24(2,3)20(21(26)29)27-22(30)18(19(23(31)28-32)33-25(4,5)6)14-15-11-12-16-9-7-8-10-17(16)13-15/h7-13,18-20,32H,14H2,1-6H3,(H2,26,29)(H,27,30)(H,28,31)/t18-,19+,20-/m1/s1. The average Bonchev–Trinajstić information content (AvgIpc) is 2.71. The second-order valence-corrected chi connectivity index (χ2v) is 10.3. The molecule has 2 aromatic rings. The van der Waals surface area contributed by atoms with E-state index in [9.17, 15) is 19.6 Å². The van der Waals surface area contributed by atoms with Crippen molar-refractivity contribution in [1.82, 2.24) is 10.8 Å². The van der Waals surface area contributed by atoms with Crippen LogP contribution in [-0.2, 0) is 25.5 Å². The molecule has 0 saturated carbocycles. The van der Waals surface area contributed by atoms with Crippen LogP contribution in [0, 0.1) is 11.3 Å². The molecule has 3 atom stereocenters. The minimum absolute atomic E-state index is 0.139. The lowest BCUT2D eigenvalue weighted by molar-refractivity contribution is -0.162. The smallest absolute Gasteiger partial charge is 0.273 e. The Hall–Kier alpha value is -2.97. The molecule has 0 heterocycles. The van der Waals surface area contributed by atoms with Gasteiger partial charge in [-0.3, -0.25) is 19.6 Å². The molecular weight excluding hydrogens is 422 g/mol. The highest BCUT2D eigenvalue weighted by molar-refractivity contribution is 5.92. The third-order valence-electron chi connectivity index (χ3n) is 5.26. The highest BCUT2D eigenvalue weighted by Gasteiger charge is 2.40. The van der Waals surface area contributed by atoms with Crippen molar-refractivity contribution in [3.05, 3.63) is 48.0 Å². The number of carbonyl (C=O) groups excluding carboxylic acids is 3. The number of nitrogens with one attached hydrogen (secondary N) is 2. The molecule has 2 rings (SSSR count). The summed E-state index contributed by atoms with van der Waals surface area (Å²) in [5.74, 6) is -3.14. The van der Waals surface area contributed by atoms with Gasteiger partial charge in [-0.15, -0.1) is 0 Å². The van der Waals surface area contributed by atoms with Gasteiger partial charge in [-0.1, -0.05) is 63.2 Å². The quantitative estimate of drug-likeness (QED) is 0.358. The largest absolute Gasteiger partial charge is 0.368 e. The SMILES string of the molecule is CC(C)(C)O[C@H](C(=O)NO)[C@@H](Cc1ccc2ccccc2c1)C(=O)N[C@H](C(N)=O)C(C)(C)C. The lowest BCUT2D eigenvalue weighted by Gasteiger charge is -2.34. The van der Waals surface area contributed by atoms with Gasteiger partial charge in [0.25, 0.3) is 5.91 Å². The Labute approximate surface area is 194 Å². The molecule has 0 spiro atoms. The molecule has 5 N–H and O–H groups in total. The number of fused-ring (bicyclic) bond motifs is 1. The Morgan fingerprint density at radius 2 is 1.58 bits per heavy atom. The fourth-order valence-electron chi connectivity index (χ4n) is 3.68. The molecule has 0 bridgehead atoms. The van der Waals surface area contributed by atoms with E-state index in [2.05, 4.69) is 5.32 Å². The Kier molecular flexibility index (Phi) is 8.21. The number of nitrogens with two attached hydrogens (primary N) is 1. The van der Waals surface area contributed by atoms with Gasteiger partial charge in [-0.2, -0.15) is 0 Å². The van der Waals surface area contributed by atoms with Gasteiger partial charge < -0.3 is 15.8 Å². The lowest BCUT2D eigenvalue weighted by Crippen LogP contribution is -2.57. The maximum absolute atomic E-state index is 13.5. The molecule has 33 heavy (non-hydrogen) atoms. The lowest BCUT2D eigenvalue weighted by atomic mass is 9.84. The number of carbonyl (C=O) groups is 3. The molecule has 0 aromatic heterocycles. The number of benzene rings is 2. The predicted octanol–water partition coefficient (Wildman–Crippen LogP) is 2.70. The third-order valence-corrected chi connectivity index (χ3v) is 5.26. The normalized spacial score (nSPS) is 14.9. The van der Waals surface area contributed by atoms with Crippen LogP contribution in [0.15, 0.2) is 42.5 Å². The summed E-state index contributed by atoms with van der Waals surface area (Å²) >= 11 is 0. The first-order chi connectivity index (χ1) is 15.2. The number of ether oxygens (including phenoxy) is 1. The van der Waals surface area contributed by atoms with Crippen molar-refractivity contribution in [2.75, 3.05) is 0 Å². The van der Waals surface area contributed by atoms with Crippen molar-refractivity contribution in [3.63, 3.8) is 0 Å². The zero-order chi connectivity index (χ0) is 25.0. The van der Waals surface area contributed by atoms with Gasteiger partial charge in [0.05, 0.1) is 11.5 Å². The summed E-state index contributed by atoms with van der Waals surface area (Å²) in [6.45, 7) is 10.6. The molecule has 0 radical (unpaired) electrons. The maximum atomic E-state index is 13.5. The fraction of sp³-hybridized carbons (Fsp3) is 0.480. The van der Waals surface area contributed by atoms with Crippen LogP contribution in [0.25, 0.3) is 10.8 Å². The first-order valence-electron chi connectivity index (χ1n) is 10.9. The molecule has 0 aliphatic rings. The van der Waals surface area contributed by atoms with Crippen LogP contribution in [0.5, 0.6) is 0 Å². The second-order valence-electron chi connectivity index (χ2n) is 10.3. The average molecular weight is 458 g/mol. The third kappa shape index (κ3) is 7.27. The molecule has 0 aliphatic carbocycles. The van der Waals surface area contributed by atoms with Gasteiger partial charge in [0.1, 0.15) is 6.04 Å². The summed E-state index contributed by atoms with van der Waals surface area (Å²) in [7, 11) is 0. The van der Waals surface area contributed by atoms with E-state index in [1.807, 2.05) is 42.5 Å². The van der Waals surface area contributed by atoms with E-state index in [-0.39, 0.29) is 6.42 Å². The van der Waals surface area contributed by atoms with Gasteiger partial charge in [0.15, 0.2) is 6.10 Å². The zero-order valence-electron chi connectivity index (χ0n) is 20.1. The molecule has 0 saturated heterocycles. The first kappa shape index (κ1) is 26.3. The van der Waals surface area contributed by atoms with Gasteiger partial charge in [0, 0.05) is 0 Å². The fourth-order valence-corrected chi connectivity index (χ4v) is 3.68. The minimum atomic E-state index is -1.31. The van der Waals surface area contributed by atoms with Crippen LogP contribution in [0.1, 0.15) is 47.1 Å². The molecule has 3 amide bonds. The number of rotatable bonds is 8. The topological polar surface area (TPSA) is 131 Å². The molecular formula is C25H35N3O5. The van der Waals surface area contributed by atoms with Crippen molar-refractivity contribution in [1.29, 1.82) is 0 Å². The summed E-state index contributed by atoms with van der Waals surface area (Å²) in [5.41, 5.74) is 6.52. The Morgan fingerprint density at radius 3 is 2.09 bits per heavy atom. The van der Waals surface area contributed by atoms with Crippen LogP contribution in [0.3, 0.4) is 0 Å². The van der Waals surface area contributed by atoms with Gasteiger partial charge in [-0.25, -0.2) is 5.48 Å². The van der Waals surface area contributed by atoms with Crippen LogP contribution < -0.4 is 16.5 Å². The Balaban J connectivity index is 2.49. The van der Waals surface area contributed by atoms with E-state index in [4.69, 9.17) is 10.5 Å². The van der Waals surface area contributed by atoms with Crippen molar-refractivity contribution in [3.8, 4) is 0 Å². The number of hydrogen-bond acceptors (Lipinski definition) is 5. The Bertz CT molecular complexity index is 1010. The van der Waals surface area contributed by atoms with Crippen molar-refractivity contribution < 1.29 is 24.3 Å². The van der Waals surface area contributed by atoms with E-state index in [0.717, 1.165) is 16.3 Å². The predicted molar refractivity (Wildman–Crippen MR) is 126 cm³/mol. The summed E-state index contributed by atoms with van der Waals surface area (Å²) in [5, 5.41) is 14.1. The van der Waals surface area contributed by atoms with E-state index in [0.29, 0.717) is 0 Å². The summed E-state index contributed by atoms with van der Waals surface area (Å²) in [6, 6.07) is 12.6. The van der Waals surface area contributed by atoms with E-state index >= 15 is 0 Å². The van der Waals surface area contributed by atoms with Crippen LogP contribution in [0.2, 0.25) is 0 Å². The van der Waals surface area contributed by atoms with E-state index in [1.54, 1.807) is 47.0 Å². The maximum Gasteiger partial charge on any atom is 0.273 e. The van der Waals surface area contributed by atoms with E-state index < -0.39 is 46.8 Å². The molecule has 2 aromatic carbocycles. The summed E-state index contributed by atoms with van der Waals surface area (Å²) in [6.07, 6.45) is -1.17. The van der Waals surface area contributed by atoms with Crippen LogP contribution in [-0.4, -0.2) is 40.7 Å². The zero-order valence-corrected chi connectivity index (χ0v) is 20.1. The van der Waals surface area contributed by atoms with Crippen molar-refractivity contribution in [2.45, 2.75) is 65.7 Å². The molecule has 0 fully saturated rings. The van der Waals surface area contributed by atoms with Crippen LogP contribution in [0.4, 0.5) is 0 Å². The first-order valence-corrected chi connectivity index (χ1v) is 10.9. The molecule has 0 aliphatic heterocycles. The van der Waals surface area contributed by atoms with Gasteiger partial charge >= 0.3 is 0 Å². The van der Waals surface area contributed by atoms with Gasteiger partial charge in [-0.05, 0) is 48.9 Å². The van der Waals surface area contributed by atoms with E-state index in [1.165, 1.54) is 0 Å². The van der Waals surface area contributed by atoms with Gasteiger partial charge in [0.2, 0.25) is 11.8 Å². The van der Waals surface area contributed by atoms with Crippen molar-refractivity contribution in [2.24, 2.45) is 17.1 Å². The number of primary amides is 1. The summed E-state index contributed by atoms with van der Waals surface area (Å²) in [4.78, 5) is 38.1. The number of hydrogen-bond donors (Lipinski definition) is 4. The van der Waals surface area contributed by atoms with Crippen LogP contribution >= 0.6 is 0 Å². The highest BCUT2D eigenvalue weighted by Crippen LogP contribution is 2.25. The number of amides is 3. The highest BCUT2D eigenvalue weighted by atomic mass is 16.5. The molecule has 8 heteroatoms. The Morgan fingerprint density at radius 1 is 0.970 bits per heavy atom. The minimum Gasteiger partial charge on any atom is -0.368 e.